The maximum atomic E-state index is 13.3. The van der Waals surface area contributed by atoms with Gasteiger partial charge < -0.3 is 20.7 Å². The molecule has 1 heterocycles. The molecule has 0 bridgehead atoms. The van der Waals surface area contributed by atoms with Gasteiger partial charge in [-0.15, -0.1) is 0 Å². The van der Waals surface area contributed by atoms with Gasteiger partial charge in [0.05, 0.1) is 17.4 Å². The lowest BCUT2D eigenvalue weighted by Gasteiger charge is -2.28. The van der Waals surface area contributed by atoms with Gasteiger partial charge in [0, 0.05) is 31.0 Å². The van der Waals surface area contributed by atoms with Gasteiger partial charge in [-0.05, 0) is 43.0 Å². The number of benzene rings is 2. The van der Waals surface area contributed by atoms with E-state index < -0.39 is 6.10 Å². The number of nitrogens with zero attached hydrogens (tertiary/aromatic N) is 2. The Hall–Kier alpha value is -3.03. The maximum Gasteiger partial charge on any atom is 0.263 e. The van der Waals surface area contributed by atoms with Crippen molar-refractivity contribution in [2.45, 2.75) is 38.0 Å². The van der Waals surface area contributed by atoms with E-state index in [4.69, 9.17) is 15.5 Å². The SMILES string of the molecule is C[C@@H](Oc1nc(-c2ccccc2)ccc1NCC(N)CS)C(=O)N(C)C1CCc2ccccc21. The average molecular weight is 477 g/mol. The van der Waals surface area contributed by atoms with Gasteiger partial charge in [0.2, 0.25) is 5.88 Å². The predicted molar refractivity (Wildman–Crippen MR) is 140 cm³/mol. The molecule has 0 aliphatic heterocycles. The number of thiol groups is 1. The number of nitrogens with one attached hydrogen (secondary N) is 1. The van der Waals surface area contributed by atoms with Crippen molar-refractivity contribution in [3.05, 3.63) is 77.9 Å². The fraction of sp³-hybridized carbons (Fsp3) is 0.333. The minimum Gasteiger partial charge on any atom is -0.463 e. The van der Waals surface area contributed by atoms with Crippen LogP contribution in [0.1, 0.15) is 30.5 Å². The van der Waals surface area contributed by atoms with Crippen LogP contribution in [0.25, 0.3) is 11.3 Å². The first-order valence-corrected chi connectivity index (χ1v) is 12.3. The van der Waals surface area contributed by atoms with Crippen LogP contribution >= 0.6 is 12.6 Å². The molecule has 0 saturated carbocycles. The van der Waals surface area contributed by atoms with Crippen molar-refractivity contribution in [1.29, 1.82) is 0 Å². The van der Waals surface area contributed by atoms with Crippen LogP contribution < -0.4 is 15.8 Å². The number of nitrogens with two attached hydrogens (primary N) is 1. The predicted octanol–water partition coefficient (Wildman–Crippen LogP) is 4.33. The monoisotopic (exact) mass is 476 g/mol. The molecule has 34 heavy (non-hydrogen) atoms. The van der Waals surface area contributed by atoms with Crippen LogP contribution in [-0.4, -0.2) is 47.3 Å². The number of hydrogen-bond acceptors (Lipinski definition) is 6. The van der Waals surface area contributed by atoms with E-state index in [0.29, 0.717) is 23.9 Å². The summed E-state index contributed by atoms with van der Waals surface area (Å²) in [6.07, 6.45) is 1.20. The van der Waals surface area contributed by atoms with Crippen LogP contribution in [0.3, 0.4) is 0 Å². The molecular formula is C27H32N4O2S. The van der Waals surface area contributed by atoms with Crippen LogP contribution in [0.5, 0.6) is 5.88 Å². The first-order valence-electron chi connectivity index (χ1n) is 11.7. The second-order valence-electron chi connectivity index (χ2n) is 8.70. The maximum absolute atomic E-state index is 13.3. The van der Waals surface area contributed by atoms with E-state index >= 15 is 0 Å². The summed E-state index contributed by atoms with van der Waals surface area (Å²) in [4.78, 5) is 19.9. The molecule has 178 valence electrons. The van der Waals surface area contributed by atoms with Gasteiger partial charge in [0.1, 0.15) is 0 Å². The first kappa shape index (κ1) is 24.1. The van der Waals surface area contributed by atoms with E-state index in [9.17, 15) is 4.79 Å². The summed E-state index contributed by atoms with van der Waals surface area (Å²) in [6.45, 7) is 2.30. The zero-order valence-corrected chi connectivity index (χ0v) is 20.5. The van der Waals surface area contributed by atoms with Crippen LogP contribution in [0.15, 0.2) is 66.7 Å². The van der Waals surface area contributed by atoms with Gasteiger partial charge in [0.15, 0.2) is 6.10 Å². The van der Waals surface area contributed by atoms with Gasteiger partial charge in [0.25, 0.3) is 5.91 Å². The lowest BCUT2D eigenvalue weighted by Crippen LogP contribution is -2.40. The zero-order valence-electron chi connectivity index (χ0n) is 19.6. The van der Waals surface area contributed by atoms with E-state index in [0.717, 1.165) is 24.1 Å². The Labute approximate surface area is 206 Å². The summed E-state index contributed by atoms with van der Waals surface area (Å²) in [5, 5.41) is 3.30. The number of likely N-dealkylation sites (N-methyl/N-ethyl adjacent to an activating group) is 1. The minimum absolute atomic E-state index is 0.0596. The number of anilines is 1. The molecule has 0 fully saturated rings. The number of carbonyl (C=O) groups excluding carboxylic acids is 1. The molecule has 3 atom stereocenters. The summed E-state index contributed by atoms with van der Waals surface area (Å²) in [6, 6.07) is 22.0. The van der Waals surface area contributed by atoms with Crippen LogP contribution in [0.4, 0.5) is 5.69 Å². The van der Waals surface area contributed by atoms with Crippen molar-refractivity contribution in [3.63, 3.8) is 0 Å². The number of aromatic nitrogens is 1. The number of amides is 1. The number of ether oxygens (including phenoxy) is 1. The highest BCUT2D eigenvalue weighted by molar-refractivity contribution is 7.80. The quantitative estimate of drug-likeness (QED) is 0.401. The lowest BCUT2D eigenvalue weighted by atomic mass is 10.1. The van der Waals surface area contributed by atoms with Crippen LogP contribution in [0, 0.1) is 0 Å². The second-order valence-corrected chi connectivity index (χ2v) is 9.07. The number of pyridine rings is 1. The first-order chi connectivity index (χ1) is 16.5. The molecular weight excluding hydrogens is 444 g/mol. The van der Waals surface area contributed by atoms with E-state index in [1.54, 1.807) is 6.92 Å². The molecule has 1 amide bonds. The van der Waals surface area contributed by atoms with E-state index in [2.05, 4.69) is 30.1 Å². The largest absolute Gasteiger partial charge is 0.463 e. The molecule has 3 N–H and O–H groups in total. The number of fused-ring (bicyclic) bond motifs is 1. The summed E-state index contributed by atoms with van der Waals surface area (Å²) in [7, 11) is 1.85. The summed E-state index contributed by atoms with van der Waals surface area (Å²) in [5.74, 6) is 0.863. The molecule has 0 spiro atoms. The number of hydrogen-bond donors (Lipinski definition) is 3. The van der Waals surface area contributed by atoms with Crippen LogP contribution in [0.2, 0.25) is 0 Å². The molecule has 6 nitrogen and oxygen atoms in total. The fourth-order valence-corrected chi connectivity index (χ4v) is 4.46. The topological polar surface area (TPSA) is 80.5 Å². The fourth-order valence-electron chi connectivity index (χ4n) is 4.34. The zero-order chi connectivity index (χ0) is 24.1. The third-order valence-electron chi connectivity index (χ3n) is 6.27. The van der Waals surface area contributed by atoms with Gasteiger partial charge in [-0.2, -0.15) is 12.6 Å². The molecule has 4 rings (SSSR count). The Kier molecular flexibility index (Phi) is 7.75. The molecule has 2 unspecified atom stereocenters. The molecule has 1 aromatic heterocycles. The smallest absolute Gasteiger partial charge is 0.263 e. The van der Waals surface area contributed by atoms with Crippen molar-refractivity contribution >= 4 is 24.2 Å². The van der Waals surface area contributed by atoms with Crippen molar-refractivity contribution < 1.29 is 9.53 Å². The van der Waals surface area contributed by atoms with Crippen molar-refractivity contribution in [1.82, 2.24) is 9.88 Å². The Bertz CT molecular complexity index is 1120. The molecule has 3 aromatic rings. The van der Waals surface area contributed by atoms with Gasteiger partial charge in [-0.1, -0.05) is 54.6 Å². The highest BCUT2D eigenvalue weighted by Crippen LogP contribution is 2.35. The Morgan fingerprint density at radius 3 is 2.68 bits per heavy atom. The standard InChI is InChI=1S/C27H32N4O2S/c1-18(27(32)31(2)25-15-12-19-8-6-7-11-22(19)25)33-26-24(29-16-21(28)17-34)14-13-23(30-26)20-9-4-3-5-10-20/h3-11,13-14,18,21,25,29,34H,12,15-17,28H2,1-2H3/t18-,21?,25?/m1/s1. The van der Waals surface area contributed by atoms with Crippen molar-refractivity contribution in [2.75, 3.05) is 24.7 Å². The summed E-state index contributed by atoms with van der Waals surface area (Å²) in [5.41, 5.74) is 11.0. The van der Waals surface area contributed by atoms with Gasteiger partial charge in [-0.3, -0.25) is 4.79 Å². The Morgan fingerprint density at radius 2 is 1.91 bits per heavy atom. The van der Waals surface area contributed by atoms with E-state index in [1.165, 1.54) is 11.1 Å². The molecule has 0 saturated heterocycles. The van der Waals surface area contributed by atoms with E-state index in [1.807, 2.05) is 66.5 Å². The highest BCUT2D eigenvalue weighted by Gasteiger charge is 2.31. The third-order valence-corrected chi connectivity index (χ3v) is 6.74. The molecule has 0 radical (unpaired) electrons. The average Bonchev–Trinajstić information content (AvgIpc) is 3.31. The highest BCUT2D eigenvalue weighted by atomic mass is 32.1. The molecule has 1 aliphatic carbocycles. The number of rotatable bonds is 9. The molecule has 2 aromatic carbocycles. The second kappa shape index (κ2) is 10.9. The summed E-state index contributed by atoms with van der Waals surface area (Å²) >= 11 is 4.26. The lowest BCUT2D eigenvalue weighted by molar-refractivity contribution is -0.139. The normalized spacial score (nSPS) is 16.4. The Balaban J connectivity index is 1.54. The van der Waals surface area contributed by atoms with E-state index in [-0.39, 0.29) is 18.0 Å². The number of carbonyl (C=O) groups is 1. The molecule has 7 heteroatoms. The Morgan fingerprint density at radius 1 is 1.18 bits per heavy atom. The van der Waals surface area contributed by atoms with Crippen molar-refractivity contribution in [2.24, 2.45) is 5.73 Å². The number of aryl methyl sites for hydroxylation is 1. The van der Waals surface area contributed by atoms with Gasteiger partial charge in [-0.25, -0.2) is 4.98 Å². The molecule has 1 aliphatic rings. The van der Waals surface area contributed by atoms with Crippen LogP contribution in [-0.2, 0) is 11.2 Å². The summed E-state index contributed by atoms with van der Waals surface area (Å²) < 4.78 is 6.18. The van der Waals surface area contributed by atoms with Gasteiger partial charge >= 0.3 is 0 Å². The van der Waals surface area contributed by atoms with Crippen molar-refractivity contribution in [3.8, 4) is 17.1 Å². The minimum atomic E-state index is -0.699. The third kappa shape index (κ3) is 5.37.